The summed E-state index contributed by atoms with van der Waals surface area (Å²) in [7, 11) is 0. The molecule has 0 aromatic heterocycles. The topological polar surface area (TPSA) is 96.0 Å². The van der Waals surface area contributed by atoms with Crippen molar-refractivity contribution in [3.63, 3.8) is 0 Å². The molecule has 122 valence electrons. The fourth-order valence-corrected chi connectivity index (χ4v) is 2.75. The van der Waals surface area contributed by atoms with Crippen LogP contribution >= 0.6 is 0 Å². The molecule has 2 heterocycles. The Morgan fingerprint density at radius 2 is 1.86 bits per heavy atom. The highest BCUT2D eigenvalue weighted by molar-refractivity contribution is 6.16. The van der Waals surface area contributed by atoms with Gasteiger partial charge in [-0.25, -0.2) is 14.8 Å². The van der Waals surface area contributed by atoms with Crippen LogP contribution < -0.4 is 5.32 Å². The lowest BCUT2D eigenvalue weighted by molar-refractivity contribution is -0.148. The predicted molar refractivity (Wildman–Crippen MR) is 75.4 cm³/mol. The average molecular weight is 311 g/mol. The van der Waals surface area contributed by atoms with E-state index < -0.39 is 35.1 Å². The van der Waals surface area contributed by atoms with Crippen LogP contribution in [0.5, 0.6) is 0 Å². The standard InChI is InChI=1S/C14H21N3O5/c1-8-6-9(7-18)17-11(20)14(5,10(19)16(8)17)15-12(21)22-13(2,3)4/h7-9H,6H2,1-5H3,(H,15,21). The van der Waals surface area contributed by atoms with Crippen molar-refractivity contribution in [1.82, 2.24) is 15.3 Å². The number of ether oxygens (including phenoxy) is 1. The van der Waals surface area contributed by atoms with E-state index in [9.17, 15) is 19.2 Å². The molecular weight excluding hydrogens is 290 g/mol. The normalized spacial score (nSPS) is 31.3. The van der Waals surface area contributed by atoms with E-state index in [0.717, 1.165) is 5.01 Å². The van der Waals surface area contributed by atoms with Crippen molar-refractivity contribution in [1.29, 1.82) is 0 Å². The maximum atomic E-state index is 12.6. The van der Waals surface area contributed by atoms with E-state index in [1.165, 1.54) is 11.9 Å². The van der Waals surface area contributed by atoms with Crippen molar-refractivity contribution in [2.45, 2.75) is 64.3 Å². The molecule has 2 fully saturated rings. The lowest BCUT2D eigenvalue weighted by atomic mass is 9.99. The van der Waals surface area contributed by atoms with Crippen LogP contribution in [-0.2, 0) is 19.1 Å². The number of aldehydes is 1. The molecule has 3 atom stereocenters. The number of carbonyl (C=O) groups excluding carboxylic acids is 4. The lowest BCUT2D eigenvalue weighted by Gasteiger charge is -2.25. The highest BCUT2D eigenvalue weighted by atomic mass is 16.6. The Morgan fingerprint density at radius 1 is 1.32 bits per heavy atom. The van der Waals surface area contributed by atoms with Crippen molar-refractivity contribution < 1.29 is 23.9 Å². The van der Waals surface area contributed by atoms with Crippen LogP contribution in [0.3, 0.4) is 0 Å². The van der Waals surface area contributed by atoms with E-state index in [1.54, 1.807) is 27.7 Å². The number of hydrazine groups is 1. The van der Waals surface area contributed by atoms with E-state index in [4.69, 9.17) is 4.74 Å². The molecule has 8 heteroatoms. The van der Waals surface area contributed by atoms with Crippen LogP contribution in [0.4, 0.5) is 4.79 Å². The molecular formula is C14H21N3O5. The maximum absolute atomic E-state index is 12.6. The zero-order chi connectivity index (χ0) is 16.9. The van der Waals surface area contributed by atoms with Gasteiger partial charge in [-0.2, -0.15) is 0 Å². The van der Waals surface area contributed by atoms with Gasteiger partial charge in [-0.05, 0) is 41.0 Å². The second-order valence-corrected chi connectivity index (χ2v) is 6.84. The molecule has 0 bridgehead atoms. The summed E-state index contributed by atoms with van der Waals surface area (Å²) in [4.78, 5) is 48.2. The number of carbonyl (C=O) groups is 4. The molecule has 3 unspecified atom stereocenters. The number of alkyl carbamates (subject to hydrolysis) is 1. The molecule has 2 saturated heterocycles. The van der Waals surface area contributed by atoms with Gasteiger partial charge in [0.15, 0.2) is 0 Å². The number of fused-ring (bicyclic) bond motifs is 1. The minimum atomic E-state index is -1.75. The Balaban J connectivity index is 2.25. The second-order valence-electron chi connectivity index (χ2n) is 6.84. The summed E-state index contributed by atoms with van der Waals surface area (Å²) in [6, 6.07) is -0.970. The summed E-state index contributed by atoms with van der Waals surface area (Å²) >= 11 is 0. The van der Waals surface area contributed by atoms with Crippen LogP contribution in [-0.4, -0.2) is 57.4 Å². The van der Waals surface area contributed by atoms with Gasteiger partial charge in [0.2, 0.25) is 5.54 Å². The Bertz CT molecular complexity index is 541. The van der Waals surface area contributed by atoms with E-state index in [0.29, 0.717) is 12.7 Å². The van der Waals surface area contributed by atoms with Crippen LogP contribution in [0.15, 0.2) is 0 Å². The van der Waals surface area contributed by atoms with Gasteiger partial charge in [-0.1, -0.05) is 0 Å². The highest BCUT2D eigenvalue weighted by Gasteiger charge is 2.62. The Labute approximate surface area is 128 Å². The van der Waals surface area contributed by atoms with Crippen LogP contribution in [0.2, 0.25) is 0 Å². The van der Waals surface area contributed by atoms with E-state index in [2.05, 4.69) is 5.32 Å². The van der Waals surface area contributed by atoms with Crippen LogP contribution in [0.1, 0.15) is 41.0 Å². The molecule has 22 heavy (non-hydrogen) atoms. The van der Waals surface area contributed by atoms with Crippen LogP contribution in [0.25, 0.3) is 0 Å². The minimum absolute atomic E-state index is 0.283. The van der Waals surface area contributed by atoms with Gasteiger partial charge < -0.3 is 9.53 Å². The van der Waals surface area contributed by atoms with E-state index in [1.807, 2.05) is 0 Å². The van der Waals surface area contributed by atoms with Gasteiger partial charge in [0.05, 0.1) is 6.04 Å². The Morgan fingerprint density at radius 3 is 2.36 bits per heavy atom. The highest BCUT2D eigenvalue weighted by Crippen LogP contribution is 2.35. The van der Waals surface area contributed by atoms with Crippen molar-refractivity contribution in [3.8, 4) is 0 Å². The van der Waals surface area contributed by atoms with Gasteiger partial charge in [-0.15, -0.1) is 0 Å². The zero-order valence-electron chi connectivity index (χ0n) is 13.4. The van der Waals surface area contributed by atoms with Gasteiger partial charge in [0.25, 0.3) is 11.8 Å². The summed E-state index contributed by atoms with van der Waals surface area (Å²) in [5, 5.41) is 4.73. The van der Waals surface area contributed by atoms with Gasteiger partial charge in [-0.3, -0.25) is 14.9 Å². The van der Waals surface area contributed by atoms with Crippen molar-refractivity contribution >= 4 is 24.2 Å². The summed E-state index contributed by atoms with van der Waals surface area (Å²) in [6.45, 7) is 8.12. The molecule has 0 spiro atoms. The fraction of sp³-hybridized carbons (Fsp3) is 0.714. The third-order valence-electron chi connectivity index (χ3n) is 3.73. The second kappa shape index (κ2) is 4.96. The molecule has 0 saturated carbocycles. The average Bonchev–Trinajstić information content (AvgIpc) is 2.78. The van der Waals surface area contributed by atoms with E-state index >= 15 is 0 Å². The largest absolute Gasteiger partial charge is 0.444 e. The molecule has 8 nitrogen and oxygen atoms in total. The summed E-state index contributed by atoms with van der Waals surface area (Å²) in [5.74, 6) is -1.18. The Hall–Kier alpha value is -2.12. The quantitative estimate of drug-likeness (QED) is 0.581. The molecule has 2 aliphatic heterocycles. The third kappa shape index (κ3) is 2.42. The first-order valence-corrected chi connectivity index (χ1v) is 7.15. The van der Waals surface area contributed by atoms with Crippen molar-refractivity contribution in [2.24, 2.45) is 0 Å². The molecule has 0 aromatic rings. The van der Waals surface area contributed by atoms with E-state index in [-0.39, 0.29) is 6.04 Å². The first-order chi connectivity index (χ1) is 10.0. The number of nitrogens with one attached hydrogen (secondary N) is 1. The molecule has 0 aliphatic carbocycles. The summed E-state index contributed by atoms with van der Waals surface area (Å²) < 4.78 is 5.10. The van der Waals surface area contributed by atoms with Crippen molar-refractivity contribution in [2.75, 3.05) is 0 Å². The lowest BCUT2D eigenvalue weighted by Crippen LogP contribution is -2.58. The predicted octanol–water partition coefficient (Wildman–Crippen LogP) is 0.215. The van der Waals surface area contributed by atoms with Gasteiger partial charge in [0.1, 0.15) is 17.9 Å². The zero-order valence-corrected chi connectivity index (χ0v) is 13.4. The first kappa shape index (κ1) is 16.3. The smallest absolute Gasteiger partial charge is 0.408 e. The van der Waals surface area contributed by atoms with Gasteiger partial charge in [0, 0.05) is 0 Å². The molecule has 2 aliphatic rings. The molecule has 1 N–H and O–H groups in total. The maximum Gasteiger partial charge on any atom is 0.408 e. The number of amides is 3. The molecule has 0 radical (unpaired) electrons. The number of rotatable bonds is 2. The van der Waals surface area contributed by atoms with Crippen molar-refractivity contribution in [3.05, 3.63) is 0 Å². The number of hydrogen-bond acceptors (Lipinski definition) is 5. The molecule has 3 amide bonds. The monoisotopic (exact) mass is 311 g/mol. The minimum Gasteiger partial charge on any atom is -0.444 e. The fourth-order valence-electron chi connectivity index (χ4n) is 2.75. The number of nitrogens with zero attached hydrogens (tertiary/aromatic N) is 2. The Kier molecular flexibility index (Phi) is 3.67. The number of hydrogen-bond donors (Lipinski definition) is 1. The summed E-state index contributed by atoms with van der Waals surface area (Å²) in [5.41, 5.74) is -2.50. The SMILES string of the molecule is CC1CC(C=O)N2C(=O)C(C)(NC(=O)OC(C)(C)C)C(=O)N12. The molecule has 0 aromatic carbocycles. The first-order valence-electron chi connectivity index (χ1n) is 7.15. The third-order valence-corrected chi connectivity index (χ3v) is 3.73. The molecule has 2 rings (SSSR count). The van der Waals surface area contributed by atoms with Crippen LogP contribution in [0, 0.1) is 0 Å². The summed E-state index contributed by atoms with van der Waals surface area (Å²) in [6.07, 6.45) is 0.180. The van der Waals surface area contributed by atoms with Gasteiger partial charge >= 0.3 is 6.09 Å².